The molecule has 0 fully saturated rings. The van der Waals surface area contributed by atoms with E-state index in [0.717, 1.165) is 5.56 Å². The molecule has 0 saturated heterocycles. The molecule has 3 aromatic carbocycles. The van der Waals surface area contributed by atoms with Crippen molar-refractivity contribution in [2.75, 3.05) is 16.2 Å². The van der Waals surface area contributed by atoms with Gasteiger partial charge in [-0.2, -0.15) is 0 Å². The third-order valence-electron chi connectivity index (χ3n) is 5.02. The average molecular weight is 437 g/mol. The van der Waals surface area contributed by atoms with E-state index in [9.17, 15) is 13.2 Å². The highest BCUT2D eigenvalue weighted by Crippen LogP contribution is 2.43. The predicted octanol–water partition coefficient (Wildman–Crippen LogP) is 4.92. The number of nitrogens with one attached hydrogen (secondary N) is 1. The molecule has 3 aromatic rings. The van der Waals surface area contributed by atoms with Crippen LogP contribution in [0, 0.1) is 0 Å². The van der Waals surface area contributed by atoms with Gasteiger partial charge in [0.25, 0.3) is 15.9 Å². The highest BCUT2D eigenvalue weighted by molar-refractivity contribution is 7.93. The quantitative estimate of drug-likeness (QED) is 0.616. The molecule has 7 heteroatoms. The summed E-state index contributed by atoms with van der Waals surface area (Å²) >= 11 is 0. The summed E-state index contributed by atoms with van der Waals surface area (Å²) < 4.78 is 33.1. The second kappa shape index (κ2) is 8.07. The van der Waals surface area contributed by atoms with Crippen LogP contribution in [0.4, 0.5) is 11.4 Å². The number of nitrogens with zero attached hydrogens (tertiary/aromatic N) is 1. The first-order chi connectivity index (χ1) is 14.8. The topological polar surface area (TPSA) is 75.7 Å². The maximum atomic E-state index is 13.0. The van der Waals surface area contributed by atoms with Gasteiger partial charge in [-0.25, -0.2) is 8.42 Å². The van der Waals surface area contributed by atoms with Crippen LogP contribution in [-0.2, 0) is 10.0 Å². The van der Waals surface area contributed by atoms with Crippen molar-refractivity contribution in [3.8, 4) is 16.9 Å². The summed E-state index contributed by atoms with van der Waals surface area (Å²) in [7, 11) is -3.62. The van der Waals surface area contributed by atoms with E-state index in [4.69, 9.17) is 4.74 Å². The van der Waals surface area contributed by atoms with Crippen molar-refractivity contribution in [3.05, 3.63) is 72.3 Å². The van der Waals surface area contributed by atoms with Crippen molar-refractivity contribution >= 4 is 27.3 Å². The van der Waals surface area contributed by atoms with E-state index < -0.39 is 10.0 Å². The van der Waals surface area contributed by atoms with Crippen LogP contribution in [0.2, 0.25) is 0 Å². The standard InChI is InChI=1S/C24H24N2O4S/c1-4-26-22-13-12-17(14-21(22)20-10-5-6-11-23(20)31(26,28)29)24(27)25-18-8-7-9-19(15-18)30-16(2)3/h5-16H,4H2,1-3H3,(H,25,27). The van der Waals surface area contributed by atoms with E-state index in [1.165, 1.54) is 4.31 Å². The molecule has 4 rings (SSSR count). The minimum absolute atomic E-state index is 0.0319. The first-order valence-corrected chi connectivity index (χ1v) is 11.6. The van der Waals surface area contributed by atoms with Crippen molar-refractivity contribution in [2.45, 2.75) is 31.8 Å². The third kappa shape index (κ3) is 3.88. The van der Waals surface area contributed by atoms with Gasteiger partial charge in [0.05, 0.1) is 16.7 Å². The maximum Gasteiger partial charge on any atom is 0.264 e. The van der Waals surface area contributed by atoms with Gasteiger partial charge in [0.1, 0.15) is 5.75 Å². The normalized spacial score (nSPS) is 14.0. The van der Waals surface area contributed by atoms with E-state index in [1.807, 2.05) is 26.0 Å². The van der Waals surface area contributed by atoms with Crippen molar-refractivity contribution in [1.82, 2.24) is 0 Å². The highest BCUT2D eigenvalue weighted by Gasteiger charge is 2.34. The summed E-state index contributed by atoms with van der Waals surface area (Å²) in [5.41, 5.74) is 2.96. The lowest BCUT2D eigenvalue weighted by molar-refractivity contribution is 0.102. The summed E-state index contributed by atoms with van der Waals surface area (Å²) in [6, 6.07) is 19.2. The lowest BCUT2D eigenvalue weighted by Crippen LogP contribution is -2.34. The van der Waals surface area contributed by atoms with Crippen molar-refractivity contribution in [1.29, 1.82) is 0 Å². The van der Waals surface area contributed by atoms with Gasteiger partial charge in [0.2, 0.25) is 0 Å². The number of benzene rings is 3. The average Bonchev–Trinajstić information content (AvgIpc) is 2.73. The van der Waals surface area contributed by atoms with Crippen LogP contribution in [0.5, 0.6) is 5.75 Å². The summed E-state index contributed by atoms with van der Waals surface area (Å²) in [6.07, 6.45) is 0.0319. The fourth-order valence-corrected chi connectivity index (χ4v) is 5.44. The van der Waals surface area contributed by atoms with Gasteiger partial charge < -0.3 is 10.1 Å². The zero-order valence-electron chi connectivity index (χ0n) is 17.6. The zero-order chi connectivity index (χ0) is 22.2. The molecule has 1 amide bonds. The van der Waals surface area contributed by atoms with Gasteiger partial charge in [-0.1, -0.05) is 24.3 Å². The number of fused-ring (bicyclic) bond motifs is 3. The molecule has 0 saturated carbocycles. The molecule has 0 aromatic heterocycles. The molecule has 160 valence electrons. The molecule has 1 aliphatic rings. The third-order valence-corrected chi connectivity index (χ3v) is 6.97. The molecule has 0 radical (unpaired) electrons. The molecule has 1 heterocycles. The van der Waals surface area contributed by atoms with Crippen molar-refractivity contribution < 1.29 is 17.9 Å². The van der Waals surface area contributed by atoms with Crippen LogP contribution in [0.25, 0.3) is 11.1 Å². The Kier molecular flexibility index (Phi) is 5.45. The van der Waals surface area contributed by atoms with Crippen LogP contribution in [-0.4, -0.2) is 27.0 Å². The Balaban J connectivity index is 1.70. The van der Waals surface area contributed by atoms with Crippen molar-refractivity contribution in [2.24, 2.45) is 0 Å². The minimum Gasteiger partial charge on any atom is -0.491 e. The molecule has 31 heavy (non-hydrogen) atoms. The summed E-state index contributed by atoms with van der Waals surface area (Å²) in [5.74, 6) is 0.398. The predicted molar refractivity (Wildman–Crippen MR) is 122 cm³/mol. The number of sulfonamides is 1. The number of anilines is 2. The molecular weight excluding hydrogens is 412 g/mol. The molecule has 6 nitrogen and oxygen atoms in total. The summed E-state index contributed by atoms with van der Waals surface area (Å²) in [6.45, 7) is 5.98. The fourth-order valence-electron chi connectivity index (χ4n) is 3.74. The van der Waals surface area contributed by atoms with Crippen LogP contribution in [0.15, 0.2) is 71.6 Å². The Labute approximate surface area is 182 Å². The number of rotatable bonds is 5. The van der Waals surface area contributed by atoms with E-state index in [-0.39, 0.29) is 16.9 Å². The summed E-state index contributed by atoms with van der Waals surface area (Å²) in [5, 5.41) is 2.89. The first-order valence-electron chi connectivity index (χ1n) is 10.2. The second-order valence-corrected chi connectivity index (χ2v) is 9.38. The molecule has 0 bridgehead atoms. The van der Waals surface area contributed by atoms with E-state index in [0.29, 0.717) is 34.8 Å². The Morgan fingerprint density at radius 3 is 2.52 bits per heavy atom. The van der Waals surface area contributed by atoms with Crippen LogP contribution in [0.3, 0.4) is 0 Å². The fraction of sp³-hybridized carbons (Fsp3) is 0.208. The van der Waals surface area contributed by atoms with E-state index in [1.54, 1.807) is 61.5 Å². The second-order valence-electron chi connectivity index (χ2n) is 7.55. The smallest absolute Gasteiger partial charge is 0.264 e. The number of carbonyl (C=O) groups excluding carboxylic acids is 1. The Hall–Kier alpha value is -3.32. The van der Waals surface area contributed by atoms with Crippen LogP contribution in [0.1, 0.15) is 31.1 Å². The lowest BCUT2D eigenvalue weighted by atomic mass is 10.00. The zero-order valence-corrected chi connectivity index (χ0v) is 18.4. The SMILES string of the molecule is CCN1c2ccc(C(=O)Nc3cccc(OC(C)C)c3)cc2-c2ccccc2S1(=O)=O. The van der Waals surface area contributed by atoms with Crippen LogP contribution < -0.4 is 14.4 Å². The summed E-state index contributed by atoms with van der Waals surface area (Å²) in [4.78, 5) is 13.2. The highest BCUT2D eigenvalue weighted by atomic mass is 32.2. The largest absolute Gasteiger partial charge is 0.491 e. The van der Waals surface area contributed by atoms with Crippen molar-refractivity contribution in [3.63, 3.8) is 0 Å². The van der Waals surface area contributed by atoms with Crippen LogP contribution >= 0.6 is 0 Å². The lowest BCUT2D eigenvalue weighted by Gasteiger charge is -2.31. The number of ether oxygens (including phenoxy) is 1. The Morgan fingerprint density at radius 2 is 1.77 bits per heavy atom. The number of hydrogen-bond acceptors (Lipinski definition) is 4. The van der Waals surface area contributed by atoms with E-state index in [2.05, 4.69) is 5.32 Å². The number of carbonyl (C=O) groups is 1. The molecular formula is C24H24N2O4S. The van der Waals surface area contributed by atoms with Gasteiger partial charge in [-0.15, -0.1) is 0 Å². The minimum atomic E-state index is -3.62. The number of amides is 1. The maximum absolute atomic E-state index is 13.0. The van der Waals surface area contributed by atoms with Gasteiger partial charge in [0.15, 0.2) is 0 Å². The number of hydrogen-bond donors (Lipinski definition) is 1. The monoisotopic (exact) mass is 436 g/mol. The van der Waals surface area contributed by atoms with Gasteiger partial charge in [-0.3, -0.25) is 9.10 Å². The molecule has 0 atom stereocenters. The molecule has 1 aliphatic heterocycles. The van der Waals surface area contributed by atoms with Gasteiger partial charge in [0, 0.05) is 35.0 Å². The molecule has 1 N–H and O–H groups in total. The Bertz CT molecular complexity index is 1250. The Morgan fingerprint density at radius 1 is 1.00 bits per heavy atom. The van der Waals surface area contributed by atoms with Gasteiger partial charge >= 0.3 is 0 Å². The molecule has 0 aliphatic carbocycles. The molecule has 0 spiro atoms. The van der Waals surface area contributed by atoms with Gasteiger partial charge in [-0.05, 0) is 57.2 Å². The first kappa shape index (κ1) is 20.9. The molecule has 0 unspecified atom stereocenters. The van der Waals surface area contributed by atoms with E-state index >= 15 is 0 Å².